The Morgan fingerprint density at radius 2 is 0.947 bits per heavy atom. The van der Waals surface area contributed by atoms with Crippen LogP contribution in [0.1, 0.15) is 0 Å². The third-order valence-electron chi connectivity index (χ3n) is 7.75. The summed E-state index contributed by atoms with van der Waals surface area (Å²) in [5, 5.41) is 5.05. The molecule has 38 heavy (non-hydrogen) atoms. The summed E-state index contributed by atoms with van der Waals surface area (Å²) in [6, 6.07) is 50.2. The van der Waals surface area contributed by atoms with Crippen LogP contribution in [0.4, 0.5) is 0 Å². The van der Waals surface area contributed by atoms with E-state index in [-0.39, 0.29) is 0 Å². The van der Waals surface area contributed by atoms with E-state index in [9.17, 15) is 0 Å². The Labute approximate surface area is 220 Å². The molecular formula is C36H24N2. The van der Waals surface area contributed by atoms with Crippen molar-refractivity contribution in [1.29, 1.82) is 0 Å². The Balaban J connectivity index is 1.26. The highest BCUT2D eigenvalue weighted by molar-refractivity contribution is 6.18. The fourth-order valence-corrected chi connectivity index (χ4v) is 5.88. The van der Waals surface area contributed by atoms with E-state index < -0.39 is 0 Å². The van der Waals surface area contributed by atoms with Gasteiger partial charge in [0.2, 0.25) is 0 Å². The van der Waals surface area contributed by atoms with Crippen molar-refractivity contribution >= 4 is 43.6 Å². The Bertz CT molecular complexity index is 2090. The molecule has 0 aliphatic heterocycles. The SMILES string of the molecule is c1ccc(-c2ccc(-c3ccc(-n4c5ccccc5c5cc6[nH]c7ccccc7c6cc54)cc3)cc2)cc1. The number of nitrogens with one attached hydrogen (secondary N) is 1. The highest BCUT2D eigenvalue weighted by Crippen LogP contribution is 2.37. The number of aromatic nitrogens is 2. The van der Waals surface area contributed by atoms with Gasteiger partial charge in [-0.1, -0.05) is 103 Å². The van der Waals surface area contributed by atoms with Gasteiger partial charge in [-0.2, -0.15) is 0 Å². The molecule has 1 N–H and O–H groups in total. The minimum Gasteiger partial charge on any atom is -0.354 e. The van der Waals surface area contributed by atoms with E-state index >= 15 is 0 Å². The standard InChI is InChI=1S/C36H24N2/c1-2-8-24(9-3-1)25-14-16-26(17-15-25)27-18-20-28(21-19-27)38-35-13-7-5-11-30(35)32-22-34-31(23-36(32)38)29-10-4-6-12-33(29)37-34/h1-23,37H. The first-order chi connectivity index (χ1) is 18.8. The normalized spacial score (nSPS) is 11.7. The fraction of sp³-hybridized carbons (Fsp3) is 0. The molecule has 0 aliphatic rings. The molecule has 8 rings (SSSR count). The number of aromatic amines is 1. The van der Waals surface area contributed by atoms with Gasteiger partial charge in [-0.25, -0.2) is 0 Å². The smallest absolute Gasteiger partial charge is 0.0548 e. The van der Waals surface area contributed by atoms with E-state index in [1.807, 2.05) is 0 Å². The molecule has 2 heterocycles. The van der Waals surface area contributed by atoms with Crippen molar-refractivity contribution in [1.82, 2.24) is 9.55 Å². The second kappa shape index (κ2) is 8.22. The van der Waals surface area contributed by atoms with Crippen LogP contribution in [0.2, 0.25) is 0 Å². The molecule has 0 bridgehead atoms. The van der Waals surface area contributed by atoms with Crippen LogP contribution in [0.3, 0.4) is 0 Å². The lowest BCUT2D eigenvalue weighted by molar-refractivity contribution is 1.18. The van der Waals surface area contributed by atoms with Gasteiger partial charge >= 0.3 is 0 Å². The first-order valence-electron chi connectivity index (χ1n) is 13.0. The molecule has 0 aliphatic carbocycles. The average molecular weight is 485 g/mol. The molecule has 0 unspecified atom stereocenters. The molecule has 0 atom stereocenters. The first kappa shape index (κ1) is 21.0. The first-order valence-corrected chi connectivity index (χ1v) is 13.0. The summed E-state index contributed by atoms with van der Waals surface area (Å²) in [4.78, 5) is 3.61. The van der Waals surface area contributed by atoms with Crippen LogP contribution in [0.5, 0.6) is 0 Å². The molecule has 178 valence electrons. The number of para-hydroxylation sites is 2. The monoisotopic (exact) mass is 484 g/mol. The topological polar surface area (TPSA) is 20.7 Å². The Morgan fingerprint density at radius 1 is 0.368 bits per heavy atom. The molecule has 6 aromatic carbocycles. The van der Waals surface area contributed by atoms with Gasteiger partial charge in [0.25, 0.3) is 0 Å². The summed E-state index contributed by atoms with van der Waals surface area (Å²) < 4.78 is 2.40. The third kappa shape index (κ3) is 3.21. The van der Waals surface area contributed by atoms with Gasteiger partial charge in [0.05, 0.1) is 11.0 Å². The van der Waals surface area contributed by atoms with Gasteiger partial charge in [0.1, 0.15) is 0 Å². The maximum absolute atomic E-state index is 3.61. The fourth-order valence-electron chi connectivity index (χ4n) is 5.88. The zero-order valence-corrected chi connectivity index (χ0v) is 20.7. The van der Waals surface area contributed by atoms with E-state index in [4.69, 9.17) is 0 Å². The van der Waals surface area contributed by atoms with Crippen molar-refractivity contribution < 1.29 is 0 Å². The zero-order chi connectivity index (χ0) is 25.1. The molecule has 2 aromatic heterocycles. The van der Waals surface area contributed by atoms with Crippen LogP contribution in [0, 0.1) is 0 Å². The molecule has 0 amide bonds. The average Bonchev–Trinajstić information content (AvgIpc) is 3.51. The number of rotatable bonds is 3. The maximum Gasteiger partial charge on any atom is 0.0548 e. The third-order valence-corrected chi connectivity index (χ3v) is 7.75. The van der Waals surface area contributed by atoms with E-state index in [2.05, 4.69) is 149 Å². The van der Waals surface area contributed by atoms with E-state index in [1.165, 1.54) is 71.6 Å². The van der Waals surface area contributed by atoms with Crippen molar-refractivity contribution in [3.63, 3.8) is 0 Å². The summed E-state index contributed by atoms with van der Waals surface area (Å²) >= 11 is 0. The van der Waals surface area contributed by atoms with Gasteiger partial charge < -0.3 is 9.55 Å². The van der Waals surface area contributed by atoms with Gasteiger partial charge in [-0.05, 0) is 58.7 Å². The second-order valence-electron chi connectivity index (χ2n) is 9.93. The predicted octanol–water partition coefficient (Wildman–Crippen LogP) is 9.75. The van der Waals surface area contributed by atoms with Gasteiger partial charge in [-0.3, -0.25) is 0 Å². The Morgan fingerprint density at radius 3 is 1.68 bits per heavy atom. The molecule has 0 fully saturated rings. The van der Waals surface area contributed by atoms with Crippen molar-refractivity contribution in [2.45, 2.75) is 0 Å². The molecule has 8 aromatic rings. The summed E-state index contributed by atoms with van der Waals surface area (Å²) in [7, 11) is 0. The van der Waals surface area contributed by atoms with Gasteiger partial charge in [0.15, 0.2) is 0 Å². The van der Waals surface area contributed by atoms with E-state index in [0.717, 1.165) is 0 Å². The highest BCUT2D eigenvalue weighted by Gasteiger charge is 2.15. The van der Waals surface area contributed by atoms with E-state index in [0.29, 0.717) is 0 Å². The molecule has 0 saturated heterocycles. The number of H-pyrrole nitrogens is 1. The van der Waals surface area contributed by atoms with Crippen molar-refractivity contribution in [3.8, 4) is 27.9 Å². The van der Waals surface area contributed by atoms with Crippen molar-refractivity contribution in [2.75, 3.05) is 0 Å². The van der Waals surface area contributed by atoms with Crippen LogP contribution >= 0.6 is 0 Å². The van der Waals surface area contributed by atoms with Crippen LogP contribution in [-0.4, -0.2) is 9.55 Å². The second-order valence-corrected chi connectivity index (χ2v) is 9.93. The maximum atomic E-state index is 3.61. The molecule has 0 radical (unpaired) electrons. The van der Waals surface area contributed by atoms with Crippen LogP contribution < -0.4 is 0 Å². The van der Waals surface area contributed by atoms with E-state index in [1.54, 1.807) is 0 Å². The Kier molecular flexibility index (Phi) is 4.55. The lowest BCUT2D eigenvalue weighted by Gasteiger charge is -2.10. The van der Waals surface area contributed by atoms with Crippen LogP contribution in [0.25, 0.3) is 71.6 Å². The minimum atomic E-state index is 1.17. The summed E-state index contributed by atoms with van der Waals surface area (Å²) in [6.45, 7) is 0. The number of fused-ring (bicyclic) bond motifs is 6. The molecule has 0 saturated carbocycles. The quantitative estimate of drug-likeness (QED) is 0.258. The molecule has 2 heteroatoms. The Hall–Kier alpha value is -5.08. The summed E-state index contributed by atoms with van der Waals surface area (Å²) in [5.41, 5.74) is 10.9. The zero-order valence-electron chi connectivity index (χ0n) is 20.7. The largest absolute Gasteiger partial charge is 0.354 e. The molecular weight excluding hydrogens is 460 g/mol. The highest BCUT2D eigenvalue weighted by atomic mass is 15.0. The lowest BCUT2D eigenvalue weighted by Crippen LogP contribution is -1.93. The van der Waals surface area contributed by atoms with Crippen molar-refractivity contribution in [3.05, 3.63) is 140 Å². The predicted molar refractivity (Wildman–Crippen MR) is 161 cm³/mol. The van der Waals surface area contributed by atoms with Crippen LogP contribution in [0.15, 0.2) is 140 Å². The van der Waals surface area contributed by atoms with Gasteiger partial charge in [0, 0.05) is 38.3 Å². The van der Waals surface area contributed by atoms with Crippen molar-refractivity contribution in [2.24, 2.45) is 0 Å². The van der Waals surface area contributed by atoms with Crippen LogP contribution in [-0.2, 0) is 0 Å². The number of hydrogen-bond donors (Lipinski definition) is 1. The number of nitrogens with zero attached hydrogens (tertiary/aromatic N) is 1. The molecule has 0 spiro atoms. The number of hydrogen-bond acceptors (Lipinski definition) is 0. The van der Waals surface area contributed by atoms with Gasteiger partial charge in [-0.15, -0.1) is 0 Å². The number of benzene rings is 6. The lowest BCUT2D eigenvalue weighted by atomic mass is 10.0. The summed E-state index contributed by atoms with van der Waals surface area (Å²) in [6.07, 6.45) is 0. The summed E-state index contributed by atoms with van der Waals surface area (Å²) in [5.74, 6) is 0. The molecule has 2 nitrogen and oxygen atoms in total. The minimum absolute atomic E-state index is 1.17.